The maximum absolute atomic E-state index is 11.7. The van der Waals surface area contributed by atoms with Gasteiger partial charge in [-0.25, -0.2) is 0 Å². The molecule has 1 heterocycles. The second-order valence-corrected chi connectivity index (χ2v) is 5.07. The van der Waals surface area contributed by atoms with Gasteiger partial charge in [0.2, 0.25) is 0 Å². The standard InChI is InChI=1S/C14H15NOS/c15-12-4-1-3-11(9-12)6-7-13(16)10-14-5-2-8-17-14/h1-5,8-9H,6-7,10,15H2. The van der Waals surface area contributed by atoms with E-state index in [1.54, 1.807) is 11.3 Å². The zero-order valence-electron chi connectivity index (χ0n) is 9.56. The molecule has 88 valence electrons. The van der Waals surface area contributed by atoms with Crippen LogP contribution in [0, 0.1) is 0 Å². The van der Waals surface area contributed by atoms with Crippen molar-refractivity contribution >= 4 is 22.8 Å². The van der Waals surface area contributed by atoms with E-state index in [4.69, 9.17) is 5.73 Å². The van der Waals surface area contributed by atoms with E-state index >= 15 is 0 Å². The lowest BCUT2D eigenvalue weighted by molar-refractivity contribution is -0.118. The molecule has 2 rings (SSSR count). The molecule has 0 aliphatic carbocycles. The maximum Gasteiger partial charge on any atom is 0.138 e. The molecule has 0 amide bonds. The minimum Gasteiger partial charge on any atom is -0.399 e. The average molecular weight is 245 g/mol. The molecule has 0 saturated carbocycles. The normalized spacial score (nSPS) is 10.4. The van der Waals surface area contributed by atoms with Crippen LogP contribution in [0.4, 0.5) is 5.69 Å². The average Bonchev–Trinajstić information content (AvgIpc) is 2.79. The summed E-state index contributed by atoms with van der Waals surface area (Å²) in [5.41, 5.74) is 7.58. The molecule has 2 nitrogen and oxygen atoms in total. The van der Waals surface area contributed by atoms with Gasteiger partial charge in [0.1, 0.15) is 5.78 Å². The minimum atomic E-state index is 0.287. The van der Waals surface area contributed by atoms with E-state index in [0.29, 0.717) is 12.8 Å². The van der Waals surface area contributed by atoms with E-state index in [-0.39, 0.29) is 5.78 Å². The van der Waals surface area contributed by atoms with Gasteiger partial charge in [0.05, 0.1) is 0 Å². The number of aryl methyl sites for hydroxylation is 1. The molecule has 0 spiro atoms. The molecular formula is C14H15NOS. The van der Waals surface area contributed by atoms with Crippen LogP contribution in [0.25, 0.3) is 0 Å². The fourth-order valence-electron chi connectivity index (χ4n) is 1.73. The van der Waals surface area contributed by atoms with E-state index in [0.717, 1.165) is 22.5 Å². The van der Waals surface area contributed by atoms with Gasteiger partial charge in [-0.1, -0.05) is 18.2 Å². The number of hydrogen-bond acceptors (Lipinski definition) is 3. The minimum absolute atomic E-state index is 0.287. The highest BCUT2D eigenvalue weighted by atomic mass is 32.1. The SMILES string of the molecule is Nc1cccc(CCC(=O)Cc2cccs2)c1. The number of nitrogen functional groups attached to an aromatic ring is 1. The van der Waals surface area contributed by atoms with Crippen LogP contribution in [-0.4, -0.2) is 5.78 Å². The highest BCUT2D eigenvalue weighted by Gasteiger charge is 2.05. The van der Waals surface area contributed by atoms with Gasteiger partial charge in [0.15, 0.2) is 0 Å². The Morgan fingerprint density at radius 1 is 1.24 bits per heavy atom. The lowest BCUT2D eigenvalue weighted by atomic mass is 10.1. The van der Waals surface area contributed by atoms with Crippen molar-refractivity contribution in [3.8, 4) is 0 Å². The third-order valence-corrected chi connectivity index (χ3v) is 3.47. The summed E-state index contributed by atoms with van der Waals surface area (Å²) in [6.45, 7) is 0. The Labute approximate surface area is 105 Å². The number of Topliss-reactive ketones (excluding diaryl/α,β-unsaturated/α-hetero) is 1. The summed E-state index contributed by atoms with van der Waals surface area (Å²) in [5, 5.41) is 2.00. The molecule has 0 bridgehead atoms. The molecule has 2 aromatic rings. The smallest absolute Gasteiger partial charge is 0.138 e. The van der Waals surface area contributed by atoms with Crippen molar-refractivity contribution in [1.82, 2.24) is 0 Å². The van der Waals surface area contributed by atoms with E-state index in [1.165, 1.54) is 0 Å². The van der Waals surface area contributed by atoms with Crippen molar-refractivity contribution in [2.24, 2.45) is 0 Å². The summed E-state index contributed by atoms with van der Waals surface area (Å²) >= 11 is 1.63. The van der Waals surface area contributed by atoms with Gasteiger partial charge in [-0.2, -0.15) is 0 Å². The van der Waals surface area contributed by atoms with Crippen LogP contribution in [0.2, 0.25) is 0 Å². The molecule has 0 aliphatic rings. The molecule has 0 unspecified atom stereocenters. The zero-order chi connectivity index (χ0) is 12.1. The molecule has 0 saturated heterocycles. The number of thiophene rings is 1. The number of ketones is 1. The summed E-state index contributed by atoms with van der Waals surface area (Å²) in [5.74, 6) is 0.287. The summed E-state index contributed by atoms with van der Waals surface area (Å²) in [6, 6.07) is 11.7. The molecule has 0 fully saturated rings. The molecule has 0 aliphatic heterocycles. The number of benzene rings is 1. The van der Waals surface area contributed by atoms with Crippen molar-refractivity contribution < 1.29 is 4.79 Å². The van der Waals surface area contributed by atoms with Crippen LogP contribution < -0.4 is 5.73 Å². The molecule has 0 atom stereocenters. The predicted octanol–water partition coefficient (Wildman–Crippen LogP) is 3.07. The first-order chi connectivity index (χ1) is 8.24. The Balaban J connectivity index is 1.84. The Hall–Kier alpha value is -1.61. The first-order valence-electron chi connectivity index (χ1n) is 5.62. The summed E-state index contributed by atoms with van der Waals surface area (Å²) in [7, 11) is 0. The second kappa shape index (κ2) is 5.64. The fraction of sp³-hybridized carbons (Fsp3) is 0.214. The molecule has 1 aromatic heterocycles. The third-order valence-electron chi connectivity index (χ3n) is 2.60. The lowest BCUT2D eigenvalue weighted by Crippen LogP contribution is -2.03. The number of anilines is 1. The Morgan fingerprint density at radius 2 is 2.12 bits per heavy atom. The highest BCUT2D eigenvalue weighted by molar-refractivity contribution is 7.10. The largest absolute Gasteiger partial charge is 0.399 e. The van der Waals surface area contributed by atoms with Crippen molar-refractivity contribution in [1.29, 1.82) is 0 Å². The Kier molecular flexibility index (Phi) is 3.94. The molecule has 1 aromatic carbocycles. The number of hydrogen-bond donors (Lipinski definition) is 1. The molecule has 17 heavy (non-hydrogen) atoms. The van der Waals surface area contributed by atoms with Gasteiger partial charge in [-0.3, -0.25) is 4.79 Å². The third kappa shape index (κ3) is 3.71. The van der Waals surface area contributed by atoms with Crippen LogP contribution in [0.3, 0.4) is 0 Å². The van der Waals surface area contributed by atoms with Gasteiger partial charge < -0.3 is 5.73 Å². The van der Waals surface area contributed by atoms with E-state index in [9.17, 15) is 4.79 Å². The summed E-state index contributed by atoms with van der Waals surface area (Å²) in [4.78, 5) is 12.9. The second-order valence-electron chi connectivity index (χ2n) is 4.04. The Morgan fingerprint density at radius 3 is 2.82 bits per heavy atom. The van der Waals surface area contributed by atoms with E-state index in [1.807, 2.05) is 41.8 Å². The van der Waals surface area contributed by atoms with Gasteiger partial charge in [0.25, 0.3) is 0 Å². The van der Waals surface area contributed by atoms with Crippen molar-refractivity contribution in [3.05, 3.63) is 52.2 Å². The zero-order valence-corrected chi connectivity index (χ0v) is 10.4. The quantitative estimate of drug-likeness (QED) is 0.823. The van der Waals surface area contributed by atoms with E-state index in [2.05, 4.69) is 0 Å². The molecule has 3 heteroatoms. The van der Waals surface area contributed by atoms with Gasteiger partial charge in [-0.05, 0) is 35.6 Å². The fourth-order valence-corrected chi connectivity index (χ4v) is 2.46. The maximum atomic E-state index is 11.7. The number of rotatable bonds is 5. The van der Waals surface area contributed by atoms with Crippen molar-refractivity contribution in [2.45, 2.75) is 19.3 Å². The topological polar surface area (TPSA) is 43.1 Å². The monoisotopic (exact) mass is 245 g/mol. The van der Waals surface area contributed by atoms with Crippen LogP contribution in [0.15, 0.2) is 41.8 Å². The van der Waals surface area contributed by atoms with Crippen LogP contribution in [0.1, 0.15) is 16.9 Å². The first kappa shape index (κ1) is 11.9. The van der Waals surface area contributed by atoms with E-state index < -0.39 is 0 Å². The van der Waals surface area contributed by atoms with Crippen molar-refractivity contribution in [3.63, 3.8) is 0 Å². The summed E-state index contributed by atoms with van der Waals surface area (Å²) in [6.07, 6.45) is 1.91. The van der Waals surface area contributed by atoms with Gasteiger partial charge >= 0.3 is 0 Å². The lowest BCUT2D eigenvalue weighted by Gasteiger charge is -2.02. The Bertz CT molecular complexity index is 491. The van der Waals surface area contributed by atoms with Gasteiger partial charge in [0, 0.05) is 23.4 Å². The van der Waals surface area contributed by atoms with Crippen LogP contribution >= 0.6 is 11.3 Å². The first-order valence-corrected chi connectivity index (χ1v) is 6.50. The predicted molar refractivity (Wildman–Crippen MR) is 72.2 cm³/mol. The number of nitrogens with two attached hydrogens (primary N) is 1. The summed E-state index contributed by atoms with van der Waals surface area (Å²) < 4.78 is 0. The molecule has 0 radical (unpaired) electrons. The van der Waals surface area contributed by atoms with Crippen molar-refractivity contribution in [2.75, 3.05) is 5.73 Å². The molecule has 2 N–H and O–H groups in total. The van der Waals surface area contributed by atoms with Gasteiger partial charge in [-0.15, -0.1) is 11.3 Å². The highest BCUT2D eigenvalue weighted by Crippen LogP contribution is 2.13. The van der Waals surface area contributed by atoms with Crippen LogP contribution in [0.5, 0.6) is 0 Å². The number of carbonyl (C=O) groups excluding carboxylic acids is 1. The molecular weight excluding hydrogens is 230 g/mol. The number of carbonyl (C=O) groups is 1. The van der Waals surface area contributed by atoms with Crippen LogP contribution in [-0.2, 0) is 17.6 Å².